The summed E-state index contributed by atoms with van der Waals surface area (Å²) in [5.41, 5.74) is 5.70. The fourth-order valence-corrected chi connectivity index (χ4v) is 2.84. The van der Waals surface area contributed by atoms with E-state index in [1.807, 2.05) is 6.92 Å². The summed E-state index contributed by atoms with van der Waals surface area (Å²) < 4.78 is 5.17. The fraction of sp³-hybridized carbons (Fsp3) is 0.474. The van der Waals surface area contributed by atoms with Gasteiger partial charge in [-0.25, -0.2) is 4.79 Å². The van der Waals surface area contributed by atoms with E-state index in [0.717, 1.165) is 12.8 Å². The lowest BCUT2D eigenvalue weighted by Gasteiger charge is -2.30. The lowest BCUT2D eigenvalue weighted by atomic mass is 9.96. The highest BCUT2D eigenvalue weighted by Gasteiger charge is 2.29. The Balaban J connectivity index is 1.98. The molecule has 0 radical (unpaired) electrons. The topological polar surface area (TPSA) is 119 Å². The van der Waals surface area contributed by atoms with Crippen LogP contribution in [0.3, 0.4) is 0 Å². The fourth-order valence-electron chi connectivity index (χ4n) is 2.84. The second-order valence-corrected chi connectivity index (χ2v) is 6.46. The second kappa shape index (κ2) is 9.70. The Bertz CT molecular complexity index is 711. The number of carbonyl (C=O) groups is 4. The summed E-state index contributed by atoms with van der Waals surface area (Å²) in [6, 6.07) is 6.39. The number of likely N-dealkylation sites (tertiary alicyclic amines) is 1. The highest BCUT2D eigenvalue weighted by atomic mass is 16.5. The van der Waals surface area contributed by atoms with Crippen molar-refractivity contribution in [1.29, 1.82) is 0 Å². The van der Waals surface area contributed by atoms with Crippen LogP contribution in [0, 0.1) is 5.92 Å². The van der Waals surface area contributed by atoms with Gasteiger partial charge in [-0.15, -0.1) is 0 Å². The van der Waals surface area contributed by atoms with Crippen LogP contribution in [-0.2, 0) is 19.1 Å². The number of hydrogen-bond donors (Lipinski definition) is 2. The summed E-state index contributed by atoms with van der Waals surface area (Å²) in [5, 5.41) is 2.49. The average Bonchev–Trinajstić information content (AvgIpc) is 2.68. The lowest BCUT2D eigenvalue weighted by Crippen LogP contribution is -2.46. The van der Waals surface area contributed by atoms with Gasteiger partial charge in [-0.2, -0.15) is 0 Å². The minimum absolute atomic E-state index is 0.196. The predicted octanol–water partition coefficient (Wildman–Crippen LogP) is 1.31. The van der Waals surface area contributed by atoms with Crippen LogP contribution in [0.5, 0.6) is 0 Å². The van der Waals surface area contributed by atoms with E-state index in [1.54, 1.807) is 18.2 Å². The third kappa shape index (κ3) is 5.54. The monoisotopic (exact) mass is 375 g/mol. The Kier molecular flexibility index (Phi) is 7.34. The van der Waals surface area contributed by atoms with Gasteiger partial charge in [0.25, 0.3) is 0 Å². The van der Waals surface area contributed by atoms with E-state index in [2.05, 4.69) is 5.32 Å². The van der Waals surface area contributed by atoms with Crippen molar-refractivity contribution in [2.45, 2.75) is 32.6 Å². The van der Waals surface area contributed by atoms with Gasteiger partial charge in [-0.1, -0.05) is 25.5 Å². The van der Waals surface area contributed by atoms with Crippen molar-refractivity contribution < 1.29 is 23.9 Å². The molecule has 1 fully saturated rings. The Hall–Kier alpha value is -2.90. The summed E-state index contributed by atoms with van der Waals surface area (Å²) in [6.45, 7) is 2.87. The molecule has 3 amide bonds. The SMILES string of the molecule is CCCCOC(=O)c1ccccc1NC(=O)C(=O)N1CCC(C(N)=O)CC1. The van der Waals surface area contributed by atoms with Crippen LogP contribution in [0.25, 0.3) is 0 Å². The van der Waals surface area contributed by atoms with Gasteiger partial charge in [0.2, 0.25) is 5.91 Å². The van der Waals surface area contributed by atoms with Gasteiger partial charge < -0.3 is 20.7 Å². The van der Waals surface area contributed by atoms with Gasteiger partial charge in [0, 0.05) is 19.0 Å². The smallest absolute Gasteiger partial charge is 0.340 e. The van der Waals surface area contributed by atoms with Gasteiger partial charge in [-0.05, 0) is 31.4 Å². The number of piperidine rings is 1. The molecule has 0 atom stereocenters. The van der Waals surface area contributed by atoms with Crippen molar-refractivity contribution in [3.05, 3.63) is 29.8 Å². The average molecular weight is 375 g/mol. The van der Waals surface area contributed by atoms with Crippen molar-refractivity contribution in [2.75, 3.05) is 25.0 Å². The number of nitrogens with zero attached hydrogens (tertiary/aromatic N) is 1. The van der Waals surface area contributed by atoms with E-state index >= 15 is 0 Å². The molecule has 0 aliphatic carbocycles. The number of benzene rings is 1. The number of carbonyl (C=O) groups excluding carboxylic acids is 4. The van der Waals surface area contributed by atoms with Crippen LogP contribution >= 0.6 is 0 Å². The van der Waals surface area contributed by atoms with Crippen molar-refractivity contribution in [3.8, 4) is 0 Å². The first-order chi connectivity index (χ1) is 12.9. The van der Waals surface area contributed by atoms with E-state index in [0.29, 0.717) is 32.5 Å². The number of amides is 3. The number of rotatable bonds is 6. The maximum Gasteiger partial charge on any atom is 0.340 e. The number of unbranched alkanes of at least 4 members (excludes halogenated alkanes) is 1. The van der Waals surface area contributed by atoms with Crippen LogP contribution in [-0.4, -0.2) is 48.3 Å². The number of hydrogen-bond acceptors (Lipinski definition) is 5. The number of ether oxygens (including phenoxy) is 1. The molecular formula is C19H25N3O5. The van der Waals surface area contributed by atoms with Gasteiger partial charge in [0.15, 0.2) is 0 Å². The van der Waals surface area contributed by atoms with Crippen LogP contribution in [0.1, 0.15) is 43.0 Å². The third-order valence-electron chi connectivity index (χ3n) is 4.51. The second-order valence-electron chi connectivity index (χ2n) is 6.46. The van der Waals surface area contributed by atoms with Gasteiger partial charge >= 0.3 is 17.8 Å². The summed E-state index contributed by atoms with van der Waals surface area (Å²) in [4.78, 5) is 49.4. The highest BCUT2D eigenvalue weighted by Crippen LogP contribution is 2.19. The Morgan fingerprint density at radius 1 is 1.19 bits per heavy atom. The molecular weight excluding hydrogens is 350 g/mol. The van der Waals surface area contributed by atoms with Crippen molar-refractivity contribution >= 4 is 29.4 Å². The quantitative estimate of drug-likeness (QED) is 0.441. The van der Waals surface area contributed by atoms with Crippen LogP contribution < -0.4 is 11.1 Å². The Labute approximate surface area is 158 Å². The predicted molar refractivity (Wildman–Crippen MR) is 98.8 cm³/mol. The first-order valence-electron chi connectivity index (χ1n) is 9.09. The number of esters is 1. The molecule has 0 aromatic heterocycles. The van der Waals surface area contributed by atoms with Crippen LogP contribution in [0.2, 0.25) is 0 Å². The zero-order valence-corrected chi connectivity index (χ0v) is 15.4. The highest BCUT2D eigenvalue weighted by molar-refractivity contribution is 6.39. The number of nitrogens with two attached hydrogens (primary N) is 1. The maximum atomic E-state index is 12.4. The normalized spacial score (nSPS) is 14.5. The van der Waals surface area contributed by atoms with E-state index in [4.69, 9.17) is 10.5 Å². The minimum Gasteiger partial charge on any atom is -0.462 e. The standard InChI is InChI=1S/C19H25N3O5/c1-2-3-12-27-19(26)14-6-4-5-7-15(14)21-17(24)18(25)22-10-8-13(9-11-22)16(20)23/h4-7,13H,2-3,8-12H2,1H3,(H2,20,23)(H,21,24). The molecule has 0 saturated carbocycles. The van der Waals surface area contributed by atoms with Crippen LogP contribution in [0.15, 0.2) is 24.3 Å². The van der Waals surface area contributed by atoms with E-state index < -0.39 is 17.8 Å². The van der Waals surface area contributed by atoms with E-state index in [-0.39, 0.29) is 23.1 Å². The maximum absolute atomic E-state index is 12.4. The third-order valence-corrected chi connectivity index (χ3v) is 4.51. The summed E-state index contributed by atoms with van der Waals surface area (Å²) in [5.74, 6) is -2.74. The summed E-state index contributed by atoms with van der Waals surface area (Å²) in [7, 11) is 0. The molecule has 146 valence electrons. The molecule has 8 nitrogen and oxygen atoms in total. The molecule has 1 aromatic rings. The largest absolute Gasteiger partial charge is 0.462 e. The molecule has 8 heteroatoms. The molecule has 3 N–H and O–H groups in total. The molecule has 27 heavy (non-hydrogen) atoms. The molecule has 0 spiro atoms. The number of primary amides is 1. The number of anilines is 1. The first-order valence-corrected chi connectivity index (χ1v) is 9.09. The Morgan fingerprint density at radius 3 is 2.48 bits per heavy atom. The molecule has 0 unspecified atom stereocenters. The molecule has 0 bridgehead atoms. The summed E-state index contributed by atoms with van der Waals surface area (Å²) in [6.07, 6.45) is 2.52. The lowest BCUT2D eigenvalue weighted by molar-refractivity contribution is -0.144. The molecule has 1 saturated heterocycles. The number of para-hydroxylation sites is 1. The molecule has 1 heterocycles. The van der Waals surface area contributed by atoms with Gasteiger partial charge in [-0.3, -0.25) is 14.4 Å². The van der Waals surface area contributed by atoms with Crippen molar-refractivity contribution in [2.24, 2.45) is 11.7 Å². The zero-order chi connectivity index (χ0) is 19.8. The molecule has 1 aliphatic rings. The summed E-state index contributed by atoms with van der Waals surface area (Å²) >= 11 is 0. The minimum atomic E-state index is -0.832. The van der Waals surface area contributed by atoms with Gasteiger partial charge in [0.1, 0.15) is 0 Å². The van der Waals surface area contributed by atoms with Crippen molar-refractivity contribution in [1.82, 2.24) is 4.90 Å². The van der Waals surface area contributed by atoms with E-state index in [9.17, 15) is 19.2 Å². The van der Waals surface area contributed by atoms with Crippen LogP contribution in [0.4, 0.5) is 5.69 Å². The molecule has 1 aromatic carbocycles. The van der Waals surface area contributed by atoms with Gasteiger partial charge in [0.05, 0.1) is 17.9 Å². The zero-order valence-electron chi connectivity index (χ0n) is 15.4. The molecule has 1 aliphatic heterocycles. The first kappa shape index (κ1) is 20.4. The van der Waals surface area contributed by atoms with E-state index in [1.165, 1.54) is 11.0 Å². The molecule has 2 rings (SSSR count). The van der Waals surface area contributed by atoms with Crippen molar-refractivity contribution in [3.63, 3.8) is 0 Å². The number of nitrogens with one attached hydrogen (secondary N) is 1. The Morgan fingerprint density at radius 2 is 1.85 bits per heavy atom.